The zero-order valence-electron chi connectivity index (χ0n) is 16.2. The first-order chi connectivity index (χ1) is 12.5. The van der Waals surface area contributed by atoms with Gasteiger partial charge in [0.15, 0.2) is 11.8 Å². The molecule has 0 radical (unpaired) electrons. The van der Waals surface area contributed by atoms with Crippen molar-refractivity contribution in [2.75, 3.05) is 27.2 Å². The molecule has 1 amide bonds. The maximum atomic E-state index is 12.0. The number of amides is 1. The Hall–Kier alpha value is -2.17. The second-order valence-electron chi connectivity index (χ2n) is 6.01. The normalized spacial score (nSPS) is 10.9. The van der Waals surface area contributed by atoms with Crippen LogP contribution in [0.5, 0.6) is 0 Å². The van der Waals surface area contributed by atoms with E-state index in [0.717, 1.165) is 18.5 Å². The van der Waals surface area contributed by atoms with Crippen molar-refractivity contribution in [2.45, 2.75) is 26.8 Å². The van der Waals surface area contributed by atoms with E-state index >= 15 is 0 Å². The van der Waals surface area contributed by atoms with Crippen LogP contribution < -0.4 is 10.6 Å². The van der Waals surface area contributed by atoms with Crippen molar-refractivity contribution in [1.82, 2.24) is 25.7 Å². The molecule has 0 unspecified atom stereocenters. The predicted molar refractivity (Wildman–Crippen MR) is 115 cm³/mol. The molecule has 1 heterocycles. The van der Waals surface area contributed by atoms with Crippen LogP contribution in [0.15, 0.2) is 33.8 Å². The van der Waals surface area contributed by atoms with Gasteiger partial charge in [-0.2, -0.15) is 4.98 Å². The lowest BCUT2D eigenvalue weighted by Crippen LogP contribution is -2.38. The van der Waals surface area contributed by atoms with Gasteiger partial charge in [-0.1, -0.05) is 17.3 Å². The first-order valence-corrected chi connectivity index (χ1v) is 8.61. The zero-order chi connectivity index (χ0) is 18.9. The minimum Gasteiger partial charge on any atom is -0.357 e. The van der Waals surface area contributed by atoms with E-state index in [4.69, 9.17) is 4.52 Å². The largest absolute Gasteiger partial charge is 0.357 e. The maximum absolute atomic E-state index is 12.0. The number of rotatable bonds is 7. The van der Waals surface area contributed by atoms with Gasteiger partial charge in [0.1, 0.15) is 6.54 Å². The van der Waals surface area contributed by atoms with Crippen LogP contribution in [0.1, 0.15) is 34.6 Å². The molecule has 1 aromatic heterocycles. The average molecular weight is 486 g/mol. The number of aliphatic imine (C=N–C) groups is 1. The molecule has 2 N–H and O–H groups in total. The number of nitrogens with zero attached hydrogens (tertiary/aromatic N) is 4. The van der Waals surface area contributed by atoms with E-state index in [-0.39, 0.29) is 29.9 Å². The third-order valence-electron chi connectivity index (χ3n) is 3.57. The minimum atomic E-state index is 0. The van der Waals surface area contributed by atoms with Gasteiger partial charge in [-0.3, -0.25) is 4.79 Å². The van der Waals surface area contributed by atoms with Gasteiger partial charge in [-0.15, -0.1) is 24.0 Å². The number of halogens is 1. The summed E-state index contributed by atoms with van der Waals surface area (Å²) in [5, 5.41) is 10.2. The monoisotopic (exact) mass is 486 g/mol. The lowest BCUT2D eigenvalue weighted by Gasteiger charge is -2.12. The molecule has 0 bridgehead atoms. The molecular weight excluding hydrogens is 459 g/mol. The van der Waals surface area contributed by atoms with Gasteiger partial charge < -0.3 is 20.1 Å². The van der Waals surface area contributed by atoms with Crippen LogP contribution in [0.4, 0.5) is 0 Å². The Balaban J connectivity index is 0.00000364. The molecule has 8 nitrogen and oxygen atoms in total. The van der Waals surface area contributed by atoms with Crippen LogP contribution in [-0.2, 0) is 13.0 Å². The van der Waals surface area contributed by atoms with Gasteiger partial charge in [0.25, 0.3) is 5.91 Å². The van der Waals surface area contributed by atoms with Gasteiger partial charge in [-0.25, -0.2) is 4.99 Å². The molecule has 0 atom stereocenters. The molecule has 27 heavy (non-hydrogen) atoms. The fraction of sp³-hybridized carbons (Fsp3) is 0.444. The molecule has 2 rings (SSSR count). The maximum Gasteiger partial charge on any atom is 0.253 e. The number of carbonyl (C=O) groups excluding carboxylic acids is 1. The molecule has 9 heteroatoms. The van der Waals surface area contributed by atoms with Gasteiger partial charge >= 0.3 is 0 Å². The fourth-order valence-electron chi connectivity index (χ4n) is 2.34. The van der Waals surface area contributed by atoms with E-state index in [9.17, 15) is 4.79 Å². The van der Waals surface area contributed by atoms with Crippen LogP contribution in [-0.4, -0.2) is 54.1 Å². The standard InChI is InChI=1S/C18H26N6O2.HI/c1-5-19-18(21-12-16-22-13(2)23-26-16)20-10-9-14-7-6-8-15(11-14)17(25)24(3)4;/h6-8,11H,5,9-10,12H2,1-4H3,(H2,19,20,21);1H. The molecule has 0 aliphatic heterocycles. The van der Waals surface area contributed by atoms with E-state index in [1.807, 2.05) is 31.2 Å². The lowest BCUT2D eigenvalue weighted by atomic mass is 10.1. The Kier molecular flexibility index (Phi) is 9.76. The first kappa shape index (κ1) is 22.9. The molecular formula is C18H27IN6O2. The number of carbonyl (C=O) groups is 1. The highest BCUT2D eigenvalue weighted by Crippen LogP contribution is 2.07. The van der Waals surface area contributed by atoms with Gasteiger partial charge in [0.05, 0.1) is 0 Å². The first-order valence-electron chi connectivity index (χ1n) is 8.61. The summed E-state index contributed by atoms with van der Waals surface area (Å²) in [5.74, 6) is 1.77. The van der Waals surface area contributed by atoms with Crippen LogP contribution >= 0.6 is 24.0 Å². The van der Waals surface area contributed by atoms with Crippen molar-refractivity contribution in [3.05, 3.63) is 47.1 Å². The van der Waals surface area contributed by atoms with Crippen molar-refractivity contribution >= 4 is 35.8 Å². The van der Waals surface area contributed by atoms with Crippen molar-refractivity contribution in [3.8, 4) is 0 Å². The third kappa shape index (κ3) is 7.53. The summed E-state index contributed by atoms with van der Waals surface area (Å²) in [6.07, 6.45) is 0.776. The zero-order valence-corrected chi connectivity index (χ0v) is 18.5. The number of aromatic nitrogens is 2. The summed E-state index contributed by atoms with van der Waals surface area (Å²) in [5.41, 5.74) is 1.79. The summed E-state index contributed by atoms with van der Waals surface area (Å²) in [7, 11) is 3.50. The number of hydrogen-bond acceptors (Lipinski definition) is 5. The lowest BCUT2D eigenvalue weighted by molar-refractivity contribution is 0.0827. The quantitative estimate of drug-likeness (QED) is 0.353. The molecule has 1 aromatic carbocycles. The van der Waals surface area contributed by atoms with E-state index in [2.05, 4.69) is 25.8 Å². The second-order valence-corrected chi connectivity index (χ2v) is 6.01. The highest BCUT2D eigenvalue weighted by atomic mass is 127. The van der Waals surface area contributed by atoms with Crippen molar-refractivity contribution < 1.29 is 9.32 Å². The van der Waals surface area contributed by atoms with Crippen molar-refractivity contribution in [1.29, 1.82) is 0 Å². The Labute approximate surface area is 176 Å². The number of hydrogen-bond donors (Lipinski definition) is 2. The predicted octanol–water partition coefficient (Wildman–Crippen LogP) is 2.00. The van der Waals surface area contributed by atoms with E-state index in [1.165, 1.54) is 0 Å². The van der Waals surface area contributed by atoms with E-state index in [0.29, 0.717) is 36.3 Å². The summed E-state index contributed by atoms with van der Waals surface area (Å²) in [6.45, 7) is 5.54. The van der Waals surface area contributed by atoms with Crippen LogP contribution in [0.2, 0.25) is 0 Å². The smallest absolute Gasteiger partial charge is 0.253 e. The second kappa shape index (κ2) is 11.5. The third-order valence-corrected chi connectivity index (χ3v) is 3.57. The van der Waals surface area contributed by atoms with Gasteiger partial charge in [0, 0.05) is 32.7 Å². The van der Waals surface area contributed by atoms with Crippen molar-refractivity contribution in [2.24, 2.45) is 4.99 Å². The Morgan fingerprint density at radius 1 is 1.30 bits per heavy atom. The molecule has 0 saturated carbocycles. The number of benzene rings is 1. The summed E-state index contributed by atoms with van der Waals surface area (Å²) >= 11 is 0. The number of aryl methyl sites for hydroxylation is 1. The minimum absolute atomic E-state index is 0. The fourth-order valence-corrected chi connectivity index (χ4v) is 2.34. The Morgan fingerprint density at radius 3 is 2.70 bits per heavy atom. The Morgan fingerprint density at radius 2 is 2.07 bits per heavy atom. The summed E-state index contributed by atoms with van der Waals surface area (Å²) in [4.78, 5) is 22.2. The molecule has 0 aliphatic carbocycles. The molecule has 148 valence electrons. The van der Waals surface area contributed by atoms with Crippen LogP contribution in [0.3, 0.4) is 0 Å². The van der Waals surface area contributed by atoms with E-state index in [1.54, 1.807) is 25.9 Å². The number of guanidine groups is 1. The molecule has 0 aliphatic rings. The highest BCUT2D eigenvalue weighted by molar-refractivity contribution is 14.0. The Bertz CT molecular complexity index is 760. The summed E-state index contributed by atoms with van der Waals surface area (Å²) in [6, 6.07) is 7.68. The van der Waals surface area contributed by atoms with Gasteiger partial charge in [-0.05, 0) is 38.0 Å². The van der Waals surface area contributed by atoms with Crippen molar-refractivity contribution in [3.63, 3.8) is 0 Å². The average Bonchev–Trinajstić information content (AvgIpc) is 3.04. The summed E-state index contributed by atoms with van der Waals surface area (Å²) < 4.78 is 5.06. The molecule has 0 saturated heterocycles. The van der Waals surface area contributed by atoms with Crippen LogP contribution in [0.25, 0.3) is 0 Å². The molecule has 2 aromatic rings. The van der Waals surface area contributed by atoms with E-state index < -0.39 is 0 Å². The van der Waals surface area contributed by atoms with Gasteiger partial charge in [0.2, 0.25) is 5.89 Å². The SMILES string of the molecule is CCNC(=NCc1nc(C)no1)NCCc1cccc(C(=O)N(C)C)c1.I. The number of nitrogens with one attached hydrogen (secondary N) is 2. The molecule has 0 spiro atoms. The topological polar surface area (TPSA) is 95.6 Å². The molecule has 0 fully saturated rings. The van der Waals surface area contributed by atoms with Crippen LogP contribution in [0, 0.1) is 6.92 Å². The highest BCUT2D eigenvalue weighted by Gasteiger charge is 2.08.